The van der Waals surface area contributed by atoms with Crippen LogP contribution in [0.25, 0.3) is 11.2 Å². The zero-order chi connectivity index (χ0) is 27.5. The molecule has 204 valence electrons. The number of hydrogen-bond acceptors (Lipinski definition) is 6. The van der Waals surface area contributed by atoms with Crippen LogP contribution in [0.15, 0.2) is 42.6 Å². The molecule has 1 N–H and O–H groups in total. The zero-order valence-electron chi connectivity index (χ0n) is 23.0. The summed E-state index contributed by atoms with van der Waals surface area (Å²) in [6.07, 6.45) is 4.82. The highest BCUT2D eigenvalue weighted by Gasteiger charge is 2.27. The maximum atomic E-state index is 12.4. The predicted octanol–water partition coefficient (Wildman–Crippen LogP) is 6.19. The van der Waals surface area contributed by atoms with Crippen LogP contribution in [0.5, 0.6) is 17.2 Å². The molecule has 1 atom stereocenters. The summed E-state index contributed by atoms with van der Waals surface area (Å²) >= 11 is 0. The Kier molecular flexibility index (Phi) is 7.72. The second-order valence-corrected chi connectivity index (χ2v) is 9.96. The van der Waals surface area contributed by atoms with Crippen molar-refractivity contribution in [3.63, 3.8) is 0 Å². The van der Waals surface area contributed by atoms with Gasteiger partial charge in [0.15, 0.2) is 17.1 Å². The zero-order valence-corrected chi connectivity index (χ0v) is 23.0. The lowest BCUT2D eigenvalue weighted by atomic mass is 9.97. The minimum Gasteiger partial charge on any atom is -0.478 e. The lowest BCUT2D eigenvalue weighted by molar-refractivity contribution is -0.145. The molecule has 0 saturated carbocycles. The van der Waals surface area contributed by atoms with Crippen LogP contribution < -0.4 is 14.2 Å². The fraction of sp³-hybridized carbons (Fsp3) is 0.387. The molecule has 0 bridgehead atoms. The number of nitrogens with zero attached hydrogens (tertiary/aromatic N) is 3. The Bertz CT molecular complexity index is 1480. The van der Waals surface area contributed by atoms with Crippen molar-refractivity contribution in [2.75, 3.05) is 6.79 Å². The molecule has 0 saturated heterocycles. The molecule has 0 amide bonds. The van der Waals surface area contributed by atoms with E-state index >= 15 is 0 Å². The third kappa shape index (κ3) is 5.28. The van der Waals surface area contributed by atoms with Gasteiger partial charge in [0, 0.05) is 18.2 Å². The SMILES string of the molecule is CCCc1cc(Cn2c(CC)nc3c(C)ccnc32)cc(CCC)c1OC(C(=O)O)c1ccc2c(c1)OCO2. The van der Waals surface area contributed by atoms with E-state index in [1.54, 1.807) is 18.2 Å². The standard InChI is InChI=1S/C31H35N3O5/c1-5-8-21-14-20(17-34-26(7-3)33-27-19(4)12-13-32-30(27)34)15-22(9-6-2)28(21)39-29(31(35)36)23-10-11-24-25(16-23)38-18-37-24/h10-16,29H,5-9,17-18H2,1-4H3,(H,35,36). The molecule has 0 aliphatic carbocycles. The number of aryl methyl sites for hydroxylation is 4. The number of carbonyl (C=O) groups is 1. The third-order valence-corrected chi connectivity index (χ3v) is 7.07. The van der Waals surface area contributed by atoms with E-state index in [1.165, 1.54) is 0 Å². The third-order valence-electron chi connectivity index (χ3n) is 7.07. The first kappa shape index (κ1) is 26.5. The monoisotopic (exact) mass is 529 g/mol. The molecule has 4 aromatic rings. The summed E-state index contributed by atoms with van der Waals surface area (Å²) in [6, 6.07) is 11.4. The minimum atomic E-state index is -1.17. The van der Waals surface area contributed by atoms with Gasteiger partial charge in [0.25, 0.3) is 0 Å². The van der Waals surface area contributed by atoms with Crippen LogP contribution in [0.3, 0.4) is 0 Å². The van der Waals surface area contributed by atoms with E-state index in [2.05, 4.69) is 49.4 Å². The lowest BCUT2D eigenvalue weighted by Crippen LogP contribution is -2.20. The van der Waals surface area contributed by atoms with Gasteiger partial charge in [0.1, 0.15) is 17.1 Å². The maximum absolute atomic E-state index is 12.4. The summed E-state index contributed by atoms with van der Waals surface area (Å²) in [5, 5.41) is 10.2. The van der Waals surface area contributed by atoms with Crippen molar-refractivity contribution in [3.05, 3.63) is 76.2 Å². The minimum absolute atomic E-state index is 0.126. The smallest absolute Gasteiger partial charge is 0.349 e. The topological polar surface area (TPSA) is 95.7 Å². The predicted molar refractivity (Wildman–Crippen MR) is 149 cm³/mol. The van der Waals surface area contributed by atoms with Crippen LogP contribution in [0.1, 0.15) is 73.4 Å². The number of ether oxygens (including phenoxy) is 3. The maximum Gasteiger partial charge on any atom is 0.349 e. The molecule has 0 fully saturated rings. The first-order chi connectivity index (χ1) is 18.9. The van der Waals surface area contributed by atoms with Gasteiger partial charge >= 0.3 is 5.97 Å². The van der Waals surface area contributed by atoms with Gasteiger partial charge in [-0.1, -0.05) is 51.8 Å². The molecule has 0 spiro atoms. The Labute approximate surface area is 228 Å². The second-order valence-electron chi connectivity index (χ2n) is 9.96. The Balaban J connectivity index is 1.55. The Morgan fingerprint density at radius 3 is 2.44 bits per heavy atom. The van der Waals surface area contributed by atoms with Gasteiger partial charge in [-0.25, -0.2) is 14.8 Å². The second kappa shape index (κ2) is 11.4. The number of pyridine rings is 1. The van der Waals surface area contributed by atoms with Crippen molar-refractivity contribution >= 4 is 17.1 Å². The summed E-state index contributed by atoms with van der Waals surface area (Å²) in [4.78, 5) is 22.0. The molecule has 8 nitrogen and oxygen atoms in total. The fourth-order valence-electron chi connectivity index (χ4n) is 5.24. The molecule has 39 heavy (non-hydrogen) atoms. The molecular formula is C31H35N3O5. The van der Waals surface area contributed by atoms with Crippen molar-refractivity contribution in [1.82, 2.24) is 14.5 Å². The summed E-state index contributed by atoms with van der Waals surface area (Å²) in [5.74, 6) is 1.74. The molecule has 1 aliphatic rings. The molecule has 2 aromatic carbocycles. The van der Waals surface area contributed by atoms with E-state index < -0.39 is 12.1 Å². The van der Waals surface area contributed by atoms with E-state index in [4.69, 9.17) is 19.2 Å². The van der Waals surface area contributed by atoms with E-state index in [9.17, 15) is 9.90 Å². The number of carboxylic acid groups (broad SMARTS) is 1. The van der Waals surface area contributed by atoms with Crippen molar-refractivity contribution < 1.29 is 24.1 Å². The van der Waals surface area contributed by atoms with Crippen LogP contribution in [-0.2, 0) is 30.6 Å². The molecule has 8 heteroatoms. The fourth-order valence-corrected chi connectivity index (χ4v) is 5.24. The molecular weight excluding hydrogens is 494 g/mol. The number of fused-ring (bicyclic) bond motifs is 2. The number of aromatic nitrogens is 3. The number of carboxylic acids is 1. The van der Waals surface area contributed by atoms with Gasteiger partial charge in [-0.3, -0.25) is 0 Å². The van der Waals surface area contributed by atoms with E-state index in [1.807, 2.05) is 12.3 Å². The van der Waals surface area contributed by atoms with Crippen LogP contribution >= 0.6 is 0 Å². The molecule has 1 aliphatic heterocycles. The largest absolute Gasteiger partial charge is 0.478 e. The van der Waals surface area contributed by atoms with Crippen molar-refractivity contribution in [2.24, 2.45) is 0 Å². The van der Waals surface area contributed by atoms with Crippen molar-refractivity contribution in [1.29, 1.82) is 0 Å². The van der Waals surface area contributed by atoms with Crippen molar-refractivity contribution in [3.8, 4) is 17.2 Å². The Morgan fingerprint density at radius 1 is 1.05 bits per heavy atom. The lowest BCUT2D eigenvalue weighted by Gasteiger charge is -2.22. The van der Waals surface area contributed by atoms with E-state index in [0.717, 1.165) is 71.3 Å². The number of hydrogen-bond donors (Lipinski definition) is 1. The van der Waals surface area contributed by atoms with Crippen LogP contribution in [0.2, 0.25) is 0 Å². The average Bonchev–Trinajstić information content (AvgIpc) is 3.53. The summed E-state index contributed by atoms with van der Waals surface area (Å²) in [5.41, 5.74) is 6.59. The Hall–Kier alpha value is -4.07. The number of imidazole rings is 1. The average molecular weight is 530 g/mol. The number of aliphatic carboxylic acids is 1. The van der Waals surface area contributed by atoms with Gasteiger partial charge in [0.05, 0.1) is 6.54 Å². The molecule has 2 aromatic heterocycles. The molecule has 0 radical (unpaired) electrons. The number of benzene rings is 2. The van der Waals surface area contributed by atoms with E-state index in [-0.39, 0.29) is 6.79 Å². The van der Waals surface area contributed by atoms with Crippen molar-refractivity contribution in [2.45, 2.75) is 72.4 Å². The van der Waals surface area contributed by atoms with Gasteiger partial charge in [-0.2, -0.15) is 0 Å². The van der Waals surface area contributed by atoms with Gasteiger partial charge in [-0.15, -0.1) is 0 Å². The van der Waals surface area contributed by atoms with E-state index in [0.29, 0.717) is 29.4 Å². The Morgan fingerprint density at radius 2 is 1.77 bits per heavy atom. The highest BCUT2D eigenvalue weighted by atomic mass is 16.7. The first-order valence-corrected chi connectivity index (χ1v) is 13.7. The van der Waals surface area contributed by atoms with Gasteiger partial charge in [0.2, 0.25) is 12.9 Å². The van der Waals surface area contributed by atoms with Crippen LogP contribution in [0, 0.1) is 6.92 Å². The first-order valence-electron chi connectivity index (χ1n) is 13.7. The summed E-state index contributed by atoms with van der Waals surface area (Å²) in [7, 11) is 0. The summed E-state index contributed by atoms with van der Waals surface area (Å²) in [6.45, 7) is 9.17. The van der Waals surface area contributed by atoms with Gasteiger partial charge < -0.3 is 23.9 Å². The van der Waals surface area contributed by atoms with Gasteiger partial charge in [-0.05, 0) is 60.2 Å². The molecule has 5 rings (SSSR count). The van der Waals surface area contributed by atoms with Crippen LogP contribution in [-0.4, -0.2) is 32.4 Å². The normalized spacial score (nSPS) is 13.1. The van der Waals surface area contributed by atoms with Crippen LogP contribution in [0.4, 0.5) is 0 Å². The molecule has 3 heterocycles. The summed E-state index contributed by atoms with van der Waals surface area (Å²) < 4.78 is 19.5. The highest BCUT2D eigenvalue weighted by molar-refractivity contribution is 5.76. The quantitative estimate of drug-likeness (QED) is 0.248. The highest BCUT2D eigenvalue weighted by Crippen LogP contribution is 2.38. The molecule has 1 unspecified atom stereocenters. The number of rotatable bonds is 11.